The summed E-state index contributed by atoms with van der Waals surface area (Å²) in [6.45, 7) is 4.93. The Balaban J connectivity index is 2.77. The van der Waals surface area contributed by atoms with Crippen LogP contribution in [-0.4, -0.2) is 36.3 Å². The first-order chi connectivity index (χ1) is 11.7. The van der Waals surface area contributed by atoms with E-state index in [1.807, 2.05) is 0 Å². The number of rotatable bonds is 8. The van der Waals surface area contributed by atoms with Crippen molar-refractivity contribution in [1.82, 2.24) is 5.32 Å². The number of hydrogen-bond acceptors (Lipinski definition) is 5. The molecule has 1 aromatic carbocycles. The molecule has 1 aromatic rings. The second kappa shape index (κ2) is 9.41. The first-order valence-corrected chi connectivity index (χ1v) is 7.88. The Morgan fingerprint density at radius 2 is 1.76 bits per heavy atom. The van der Waals surface area contributed by atoms with E-state index in [-0.39, 0.29) is 18.9 Å². The number of carbonyl (C=O) groups excluding carboxylic acids is 4. The van der Waals surface area contributed by atoms with Gasteiger partial charge in [0.05, 0.1) is 13.0 Å². The molecule has 0 fully saturated rings. The topological polar surface area (TPSA) is 128 Å². The van der Waals surface area contributed by atoms with E-state index in [0.29, 0.717) is 11.3 Å². The van der Waals surface area contributed by atoms with Gasteiger partial charge in [0.1, 0.15) is 6.04 Å². The first-order valence-electron chi connectivity index (χ1n) is 7.88. The van der Waals surface area contributed by atoms with Gasteiger partial charge >= 0.3 is 5.97 Å². The van der Waals surface area contributed by atoms with E-state index >= 15 is 0 Å². The molecule has 8 nitrogen and oxygen atoms in total. The Morgan fingerprint density at radius 3 is 2.24 bits per heavy atom. The molecule has 0 saturated carbocycles. The molecular formula is C17H23N3O5. The van der Waals surface area contributed by atoms with Gasteiger partial charge in [-0.2, -0.15) is 0 Å². The third-order valence-electron chi connectivity index (χ3n) is 3.42. The average Bonchev–Trinajstić information content (AvgIpc) is 2.52. The molecule has 0 heterocycles. The molecule has 0 radical (unpaired) electrons. The smallest absolute Gasteiger partial charge is 0.306 e. The zero-order valence-corrected chi connectivity index (χ0v) is 14.5. The van der Waals surface area contributed by atoms with E-state index < -0.39 is 29.7 Å². The molecule has 3 amide bonds. The van der Waals surface area contributed by atoms with Crippen LogP contribution in [0.4, 0.5) is 5.69 Å². The molecule has 1 rings (SSSR count). The zero-order valence-electron chi connectivity index (χ0n) is 14.5. The van der Waals surface area contributed by atoms with Crippen molar-refractivity contribution in [3.05, 3.63) is 29.8 Å². The lowest BCUT2D eigenvalue weighted by Crippen LogP contribution is -2.49. The summed E-state index contributed by atoms with van der Waals surface area (Å²) in [6.07, 6.45) is -0.0385. The minimum atomic E-state index is -1.01. The van der Waals surface area contributed by atoms with E-state index in [2.05, 4.69) is 10.6 Å². The molecule has 0 saturated heterocycles. The number of carbonyl (C=O) groups is 4. The van der Waals surface area contributed by atoms with Gasteiger partial charge in [-0.05, 0) is 37.1 Å². The highest BCUT2D eigenvalue weighted by Gasteiger charge is 2.27. The van der Waals surface area contributed by atoms with Crippen LogP contribution >= 0.6 is 0 Å². The Kier molecular flexibility index (Phi) is 7.58. The zero-order chi connectivity index (χ0) is 19.0. The van der Waals surface area contributed by atoms with Crippen LogP contribution < -0.4 is 16.4 Å². The monoisotopic (exact) mass is 349 g/mol. The van der Waals surface area contributed by atoms with Gasteiger partial charge in [0.15, 0.2) is 0 Å². The SMILES string of the molecule is CCOC(=O)C[C@@H](C)[C@H](NC(=O)c1ccc(NC(C)=O)cc1)C(N)=O. The quantitative estimate of drug-likeness (QED) is 0.599. The van der Waals surface area contributed by atoms with Crippen molar-refractivity contribution in [2.75, 3.05) is 11.9 Å². The van der Waals surface area contributed by atoms with Crippen LogP contribution in [0.25, 0.3) is 0 Å². The van der Waals surface area contributed by atoms with Gasteiger partial charge < -0.3 is 21.1 Å². The lowest BCUT2D eigenvalue weighted by atomic mass is 9.97. The number of esters is 1. The van der Waals surface area contributed by atoms with Crippen LogP contribution in [0.5, 0.6) is 0 Å². The maximum Gasteiger partial charge on any atom is 0.306 e. The molecule has 0 unspecified atom stereocenters. The molecule has 0 aliphatic carbocycles. The lowest BCUT2D eigenvalue weighted by molar-refractivity contribution is -0.144. The van der Waals surface area contributed by atoms with Gasteiger partial charge in [-0.1, -0.05) is 6.92 Å². The number of nitrogens with two attached hydrogens (primary N) is 1. The van der Waals surface area contributed by atoms with Crippen molar-refractivity contribution >= 4 is 29.4 Å². The normalized spacial score (nSPS) is 12.6. The predicted molar refractivity (Wildman–Crippen MR) is 91.6 cm³/mol. The fraction of sp³-hybridized carbons (Fsp3) is 0.412. The molecule has 4 N–H and O–H groups in total. The summed E-state index contributed by atoms with van der Waals surface area (Å²) in [5.74, 6) is -2.44. The highest BCUT2D eigenvalue weighted by molar-refractivity contribution is 5.98. The van der Waals surface area contributed by atoms with E-state index in [1.165, 1.54) is 19.1 Å². The molecule has 0 spiro atoms. The Hall–Kier alpha value is -2.90. The van der Waals surface area contributed by atoms with Crippen LogP contribution in [0.15, 0.2) is 24.3 Å². The van der Waals surface area contributed by atoms with Crippen LogP contribution in [0, 0.1) is 5.92 Å². The molecule has 2 atom stereocenters. The summed E-state index contributed by atoms with van der Waals surface area (Å²) in [5.41, 5.74) is 6.18. The second-order valence-corrected chi connectivity index (χ2v) is 5.60. The Labute approximate surface area is 146 Å². The number of primary amides is 1. The summed E-state index contributed by atoms with van der Waals surface area (Å²) in [4.78, 5) is 46.4. The molecule has 8 heteroatoms. The number of ether oxygens (including phenoxy) is 1. The molecule has 0 bridgehead atoms. The summed E-state index contributed by atoms with van der Waals surface area (Å²) >= 11 is 0. The van der Waals surface area contributed by atoms with Crippen LogP contribution in [0.1, 0.15) is 37.6 Å². The fourth-order valence-corrected chi connectivity index (χ4v) is 2.23. The maximum absolute atomic E-state index is 12.3. The molecular weight excluding hydrogens is 326 g/mol. The highest BCUT2D eigenvalue weighted by atomic mass is 16.5. The maximum atomic E-state index is 12.3. The van der Waals surface area contributed by atoms with E-state index in [1.54, 1.807) is 26.0 Å². The first kappa shape index (κ1) is 20.1. The van der Waals surface area contributed by atoms with Gasteiger partial charge in [0.2, 0.25) is 11.8 Å². The number of benzene rings is 1. The molecule has 0 aliphatic heterocycles. The third kappa shape index (κ3) is 6.62. The predicted octanol–water partition coefficient (Wildman–Crippen LogP) is 0.818. The molecule has 25 heavy (non-hydrogen) atoms. The Morgan fingerprint density at radius 1 is 1.16 bits per heavy atom. The molecule has 0 aliphatic rings. The number of anilines is 1. The lowest BCUT2D eigenvalue weighted by Gasteiger charge is -2.21. The van der Waals surface area contributed by atoms with Gasteiger partial charge in [0, 0.05) is 18.2 Å². The van der Waals surface area contributed by atoms with Crippen LogP contribution in [-0.2, 0) is 19.1 Å². The fourth-order valence-electron chi connectivity index (χ4n) is 2.23. The Bertz CT molecular complexity index is 642. The van der Waals surface area contributed by atoms with Crippen molar-refractivity contribution in [2.45, 2.75) is 33.2 Å². The number of nitrogens with one attached hydrogen (secondary N) is 2. The second-order valence-electron chi connectivity index (χ2n) is 5.60. The van der Waals surface area contributed by atoms with Crippen molar-refractivity contribution in [3.8, 4) is 0 Å². The average molecular weight is 349 g/mol. The van der Waals surface area contributed by atoms with Crippen molar-refractivity contribution in [1.29, 1.82) is 0 Å². The minimum absolute atomic E-state index is 0.0385. The van der Waals surface area contributed by atoms with Crippen molar-refractivity contribution in [3.63, 3.8) is 0 Å². The standard InChI is InChI=1S/C17H23N3O5/c1-4-25-14(22)9-10(2)15(16(18)23)20-17(24)12-5-7-13(8-6-12)19-11(3)21/h5-8,10,15H,4,9H2,1-3H3,(H2,18,23)(H,19,21)(H,20,24)/t10-,15+/m1/s1. The largest absolute Gasteiger partial charge is 0.466 e. The van der Waals surface area contributed by atoms with Gasteiger partial charge in [-0.3, -0.25) is 19.2 Å². The number of hydrogen-bond donors (Lipinski definition) is 3. The van der Waals surface area contributed by atoms with E-state index in [0.717, 1.165) is 0 Å². The summed E-state index contributed by atoms with van der Waals surface area (Å²) in [5, 5.41) is 5.12. The van der Waals surface area contributed by atoms with Gasteiger partial charge in [0.25, 0.3) is 5.91 Å². The van der Waals surface area contributed by atoms with Crippen LogP contribution in [0.3, 0.4) is 0 Å². The van der Waals surface area contributed by atoms with E-state index in [4.69, 9.17) is 10.5 Å². The van der Waals surface area contributed by atoms with Gasteiger partial charge in [-0.15, -0.1) is 0 Å². The van der Waals surface area contributed by atoms with E-state index in [9.17, 15) is 19.2 Å². The summed E-state index contributed by atoms with van der Waals surface area (Å²) < 4.78 is 4.84. The highest BCUT2D eigenvalue weighted by Crippen LogP contribution is 2.13. The third-order valence-corrected chi connectivity index (χ3v) is 3.42. The van der Waals surface area contributed by atoms with Gasteiger partial charge in [-0.25, -0.2) is 0 Å². The molecule has 136 valence electrons. The minimum Gasteiger partial charge on any atom is -0.466 e. The van der Waals surface area contributed by atoms with Crippen LogP contribution in [0.2, 0.25) is 0 Å². The van der Waals surface area contributed by atoms with Crippen molar-refractivity contribution in [2.24, 2.45) is 11.7 Å². The summed E-state index contributed by atoms with van der Waals surface area (Å²) in [7, 11) is 0. The molecule has 0 aromatic heterocycles. The number of amides is 3. The summed E-state index contributed by atoms with van der Waals surface area (Å²) in [6, 6.07) is 5.14. The van der Waals surface area contributed by atoms with Crippen molar-refractivity contribution < 1.29 is 23.9 Å².